The number of benzene rings is 2. The van der Waals surface area contributed by atoms with E-state index in [1.807, 2.05) is 39.0 Å². The van der Waals surface area contributed by atoms with Gasteiger partial charge in [-0.1, -0.05) is 55.8 Å². The lowest BCUT2D eigenvalue weighted by atomic mass is 10.1. The third-order valence-corrected chi connectivity index (χ3v) is 6.00. The number of ether oxygens (including phenoxy) is 2. The Hall–Kier alpha value is -3.88. The number of hydrogen-bond donors (Lipinski definition) is 2. The first-order chi connectivity index (χ1) is 17.9. The number of amides is 1. The van der Waals surface area contributed by atoms with Crippen molar-refractivity contribution in [1.82, 2.24) is 15.0 Å². The minimum absolute atomic E-state index is 0.320. The summed E-state index contributed by atoms with van der Waals surface area (Å²) in [6, 6.07) is 8.99. The van der Waals surface area contributed by atoms with Crippen LogP contribution in [0.4, 0.5) is 17.3 Å². The van der Waals surface area contributed by atoms with E-state index in [1.54, 1.807) is 24.5 Å². The standard InChI is InChI=1S/C25H21Cl2N5O3.C2H6/c1-5-19(33)30-16-8-6-7-13(2)23(16)31-25-29-12-15-9-14(11-28-24(15)32-25)20-21(26)17(34-3)10-18(35-4)22(20)27;1-2/h5-12H,1H2,2-4H3,(H,30,33)(H,28,29,31,32);1-2H3. The highest BCUT2D eigenvalue weighted by Gasteiger charge is 2.19. The van der Waals surface area contributed by atoms with Gasteiger partial charge in [-0.25, -0.2) is 9.97 Å². The van der Waals surface area contributed by atoms with Crippen molar-refractivity contribution in [3.63, 3.8) is 0 Å². The van der Waals surface area contributed by atoms with E-state index in [1.165, 1.54) is 20.3 Å². The molecule has 0 saturated heterocycles. The smallest absolute Gasteiger partial charge is 0.247 e. The van der Waals surface area contributed by atoms with Crippen molar-refractivity contribution in [2.24, 2.45) is 0 Å². The van der Waals surface area contributed by atoms with Crippen molar-refractivity contribution in [3.05, 3.63) is 71.0 Å². The Morgan fingerprint density at radius 2 is 1.70 bits per heavy atom. The van der Waals surface area contributed by atoms with Gasteiger partial charge >= 0.3 is 0 Å². The Kier molecular flexibility index (Phi) is 9.27. The Balaban J connectivity index is 0.00000186. The molecule has 0 bridgehead atoms. The summed E-state index contributed by atoms with van der Waals surface area (Å²) in [5.74, 6) is 0.854. The maximum Gasteiger partial charge on any atom is 0.247 e. The molecule has 2 heterocycles. The second-order valence-electron chi connectivity index (χ2n) is 7.43. The number of hydrogen-bond acceptors (Lipinski definition) is 7. The summed E-state index contributed by atoms with van der Waals surface area (Å²) >= 11 is 13.1. The second-order valence-corrected chi connectivity index (χ2v) is 8.19. The fraction of sp³-hybridized carbons (Fsp3) is 0.185. The Morgan fingerprint density at radius 1 is 1.03 bits per heavy atom. The van der Waals surface area contributed by atoms with Gasteiger partial charge in [0.05, 0.1) is 35.6 Å². The molecule has 0 fully saturated rings. The van der Waals surface area contributed by atoms with E-state index >= 15 is 0 Å². The molecule has 0 aliphatic carbocycles. The summed E-state index contributed by atoms with van der Waals surface area (Å²) in [7, 11) is 3.03. The molecule has 192 valence electrons. The van der Waals surface area contributed by atoms with E-state index in [4.69, 9.17) is 32.7 Å². The molecule has 0 aliphatic heterocycles. The van der Waals surface area contributed by atoms with Crippen LogP contribution in [0.2, 0.25) is 10.0 Å². The average molecular weight is 540 g/mol. The zero-order valence-corrected chi connectivity index (χ0v) is 22.7. The number of nitrogens with zero attached hydrogens (tertiary/aromatic N) is 3. The molecule has 4 rings (SSSR count). The molecule has 0 saturated carbocycles. The normalized spacial score (nSPS) is 10.2. The molecule has 2 N–H and O–H groups in total. The van der Waals surface area contributed by atoms with Crippen LogP contribution in [0, 0.1) is 6.92 Å². The van der Waals surface area contributed by atoms with Gasteiger partial charge in [-0.15, -0.1) is 0 Å². The van der Waals surface area contributed by atoms with Gasteiger partial charge in [0.25, 0.3) is 0 Å². The molecular formula is C27H27Cl2N5O3. The van der Waals surface area contributed by atoms with Gasteiger partial charge in [-0.3, -0.25) is 4.79 Å². The van der Waals surface area contributed by atoms with Crippen LogP contribution in [-0.2, 0) is 4.79 Å². The van der Waals surface area contributed by atoms with Crippen molar-refractivity contribution in [3.8, 4) is 22.6 Å². The molecule has 0 aliphatic rings. The number of rotatable bonds is 7. The molecule has 2 aromatic carbocycles. The van der Waals surface area contributed by atoms with Crippen LogP contribution in [0.3, 0.4) is 0 Å². The molecule has 8 nitrogen and oxygen atoms in total. The van der Waals surface area contributed by atoms with Crippen LogP contribution in [0.5, 0.6) is 11.5 Å². The second kappa shape index (κ2) is 12.4. The highest BCUT2D eigenvalue weighted by molar-refractivity contribution is 6.41. The first kappa shape index (κ1) is 27.7. The molecule has 2 aromatic heterocycles. The van der Waals surface area contributed by atoms with Crippen molar-refractivity contribution >= 4 is 57.5 Å². The fourth-order valence-corrected chi connectivity index (χ4v) is 4.21. The van der Waals surface area contributed by atoms with Gasteiger partial charge in [0.1, 0.15) is 11.5 Å². The lowest BCUT2D eigenvalue weighted by Crippen LogP contribution is -2.10. The quantitative estimate of drug-likeness (QED) is 0.239. The lowest BCUT2D eigenvalue weighted by molar-refractivity contribution is -0.111. The van der Waals surface area contributed by atoms with Crippen LogP contribution >= 0.6 is 23.2 Å². The molecule has 0 atom stereocenters. The molecule has 10 heteroatoms. The zero-order valence-electron chi connectivity index (χ0n) is 21.1. The monoisotopic (exact) mass is 539 g/mol. The van der Waals surface area contributed by atoms with Gasteiger partial charge in [-0.05, 0) is 30.7 Å². The highest BCUT2D eigenvalue weighted by atomic mass is 35.5. The number of para-hydroxylation sites is 1. The predicted octanol–water partition coefficient (Wildman–Crippen LogP) is 7.22. The van der Waals surface area contributed by atoms with Crippen LogP contribution in [0.25, 0.3) is 22.2 Å². The van der Waals surface area contributed by atoms with Crippen LogP contribution in [-0.4, -0.2) is 35.1 Å². The number of fused-ring (bicyclic) bond motifs is 1. The van der Waals surface area contributed by atoms with Gasteiger partial charge in [0, 0.05) is 35.0 Å². The van der Waals surface area contributed by atoms with E-state index in [0.29, 0.717) is 61.0 Å². The van der Waals surface area contributed by atoms with Crippen LogP contribution < -0.4 is 20.1 Å². The summed E-state index contributed by atoms with van der Waals surface area (Å²) in [6.45, 7) is 9.40. The molecular weight excluding hydrogens is 513 g/mol. The van der Waals surface area contributed by atoms with E-state index in [2.05, 4.69) is 32.2 Å². The number of aryl methyl sites for hydroxylation is 1. The third kappa shape index (κ3) is 5.93. The van der Waals surface area contributed by atoms with Gasteiger partial charge in [0.2, 0.25) is 11.9 Å². The number of aromatic nitrogens is 3. The maximum absolute atomic E-state index is 11.8. The minimum Gasteiger partial charge on any atom is -0.495 e. The number of pyridine rings is 1. The maximum atomic E-state index is 11.8. The predicted molar refractivity (Wildman–Crippen MR) is 151 cm³/mol. The topological polar surface area (TPSA) is 98.3 Å². The Bertz CT molecular complexity index is 1430. The molecule has 4 aromatic rings. The summed E-state index contributed by atoms with van der Waals surface area (Å²) in [6.07, 6.45) is 4.46. The Morgan fingerprint density at radius 3 is 2.32 bits per heavy atom. The number of methoxy groups -OCH3 is 2. The number of carbonyl (C=O) groups excluding carboxylic acids is 1. The first-order valence-corrected chi connectivity index (χ1v) is 12.1. The average Bonchev–Trinajstić information content (AvgIpc) is 2.92. The fourth-order valence-electron chi connectivity index (χ4n) is 3.49. The Labute approximate surface area is 225 Å². The summed E-state index contributed by atoms with van der Waals surface area (Å²) < 4.78 is 10.7. The van der Waals surface area contributed by atoms with Crippen molar-refractivity contribution < 1.29 is 14.3 Å². The van der Waals surface area contributed by atoms with E-state index in [9.17, 15) is 4.79 Å². The largest absolute Gasteiger partial charge is 0.495 e. The van der Waals surface area contributed by atoms with Crippen molar-refractivity contribution in [2.45, 2.75) is 20.8 Å². The molecule has 0 radical (unpaired) electrons. The van der Waals surface area contributed by atoms with Crippen LogP contribution in [0.15, 0.2) is 55.4 Å². The molecule has 0 unspecified atom stereocenters. The van der Waals surface area contributed by atoms with Crippen molar-refractivity contribution in [2.75, 3.05) is 24.9 Å². The number of halogens is 2. The first-order valence-electron chi connectivity index (χ1n) is 11.4. The number of nitrogens with one attached hydrogen (secondary N) is 2. The minimum atomic E-state index is -0.321. The van der Waals surface area contributed by atoms with E-state index in [0.717, 1.165) is 5.56 Å². The number of anilines is 3. The summed E-state index contributed by atoms with van der Waals surface area (Å²) in [5, 5.41) is 7.30. The molecule has 0 spiro atoms. The lowest BCUT2D eigenvalue weighted by Gasteiger charge is -2.15. The number of carbonyl (C=O) groups is 1. The van der Waals surface area contributed by atoms with Gasteiger partial charge in [0.15, 0.2) is 5.65 Å². The van der Waals surface area contributed by atoms with E-state index < -0.39 is 0 Å². The van der Waals surface area contributed by atoms with Crippen LogP contribution in [0.1, 0.15) is 19.4 Å². The zero-order chi connectivity index (χ0) is 27.1. The summed E-state index contributed by atoms with van der Waals surface area (Å²) in [5.41, 5.74) is 3.79. The third-order valence-electron chi connectivity index (χ3n) is 5.25. The van der Waals surface area contributed by atoms with Gasteiger partial charge < -0.3 is 20.1 Å². The van der Waals surface area contributed by atoms with Crippen molar-refractivity contribution in [1.29, 1.82) is 0 Å². The van der Waals surface area contributed by atoms with Gasteiger partial charge in [-0.2, -0.15) is 4.98 Å². The molecule has 1 amide bonds. The SMILES string of the molecule is C=CC(=O)Nc1cccc(C)c1Nc1ncc2cc(-c3c(Cl)c(OC)cc(OC)c3Cl)cnc2n1.CC. The van der Waals surface area contributed by atoms with E-state index in [-0.39, 0.29) is 5.91 Å². The summed E-state index contributed by atoms with van der Waals surface area (Å²) in [4.78, 5) is 25.2. The molecule has 37 heavy (non-hydrogen) atoms. The highest BCUT2D eigenvalue weighted by Crippen LogP contribution is 2.46.